The topological polar surface area (TPSA) is 81.0 Å². The minimum absolute atomic E-state index is 0.0165. The highest BCUT2D eigenvalue weighted by molar-refractivity contribution is 6.28. The van der Waals surface area contributed by atoms with Crippen LogP contribution in [0.15, 0.2) is 0 Å². The first-order valence-corrected chi connectivity index (χ1v) is 6.73. The van der Waals surface area contributed by atoms with Crippen molar-refractivity contribution in [3.8, 4) is 0 Å². The molecule has 6 nitrogen and oxygen atoms in total. The van der Waals surface area contributed by atoms with Crippen LogP contribution in [0.4, 0.5) is 11.5 Å². The second-order valence-electron chi connectivity index (χ2n) is 4.50. The van der Waals surface area contributed by atoms with Gasteiger partial charge in [-0.1, -0.05) is 20.8 Å². The van der Waals surface area contributed by atoms with Crippen LogP contribution >= 0.6 is 11.6 Å². The van der Waals surface area contributed by atoms with Gasteiger partial charge in [0.2, 0.25) is 11.1 Å². The Kier molecular flexibility index (Phi) is 5.05. The predicted molar refractivity (Wildman–Crippen MR) is 75.7 cm³/mol. The fourth-order valence-corrected chi connectivity index (χ4v) is 2.32. The SMILES string of the molecule is CCC(CC)(CC)Nc1nc(Cl)nc(C)c1[N+](=O)[O-]. The van der Waals surface area contributed by atoms with E-state index in [4.69, 9.17) is 11.6 Å². The Morgan fingerprint density at radius 3 is 2.21 bits per heavy atom. The highest BCUT2D eigenvalue weighted by atomic mass is 35.5. The highest BCUT2D eigenvalue weighted by Gasteiger charge is 2.30. The summed E-state index contributed by atoms with van der Waals surface area (Å²) in [7, 11) is 0. The van der Waals surface area contributed by atoms with Crippen molar-refractivity contribution in [2.24, 2.45) is 0 Å². The lowest BCUT2D eigenvalue weighted by molar-refractivity contribution is -0.385. The fourth-order valence-electron chi connectivity index (χ4n) is 2.10. The van der Waals surface area contributed by atoms with Crippen LogP contribution in [0, 0.1) is 17.0 Å². The van der Waals surface area contributed by atoms with Gasteiger partial charge in [0.05, 0.1) is 4.92 Å². The van der Waals surface area contributed by atoms with Crippen LogP contribution in [-0.4, -0.2) is 20.4 Å². The molecule has 1 N–H and O–H groups in total. The summed E-state index contributed by atoms with van der Waals surface area (Å²) in [5.41, 5.74) is -0.0525. The maximum absolute atomic E-state index is 11.1. The molecule has 1 aromatic rings. The van der Waals surface area contributed by atoms with E-state index in [0.717, 1.165) is 19.3 Å². The number of aryl methyl sites for hydroxylation is 1. The molecule has 0 amide bonds. The van der Waals surface area contributed by atoms with Crippen molar-refractivity contribution < 1.29 is 4.92 Å². The lowest BCUT2D eigenvalue weighted by atomic mass is 9.90. The molecule has 0 spiro atoms. The molecule has 0 radical (unpaired) electrons. The van der Waals surface area contributed by atoms with Gasteiger partial charge in [-0.25, -0.2) is 4.98 Å². The Morgan fingerprint density at radius 1 is 1.26 bits per heavy atom. The van der Waals surface area contributed by atoms with Crippen molar-refractivity contribution in [3.63, 3.8) is 0 Å². The molecule has 1 rings (SSSR count). The minimum atomic E-state index is -0.472. The molecule has 0 fully saturated rings. The molecule has 0 aromatic carbocycles. The first kappa shape index (κ1) is 15.6. The molecular formula is C12H19ClN4O2. The number of anilines is 1. The van der Waals surface area contributed by atoms with Crippen LogP contribution in [-0.2, 0) is 0 Å². The van der Waals surface area contributed by atoms with E-state index in [2.05, 4.69) is 15.3 Å². The number of aromatic nitrogens is 2. The van der Waals surface area contributed by atoms with Crippen LogP contribution in [0.2, 0.25) is 5.28 Å². The highest BCUT2D eigenvalue weighted by Crippen LogP contribution is 2.32. The van der Waals surface area contributed by atoms with Crippen LogP contribution in [0.1, 0.15) is 45.7 Å². The molecule has 106 valence electrons. The average Bonchev–Trinajstić information content (AvgIpc) is 2.34. The Labute approximate surface area is 117 Å². The van der Waals surface area contributed by atoms with Gasteiger partial charge in [0, 0.05) is 5.54 Å². The summed E-state index contributed by atoms with van der Waals surface area (Å²) >= 11 is 5.80. The molecule has 1 aromatic heterocycles. The predicted octanol–water partition coefficient (Wildman–Crippen LogP) is 3.73. The zero-order valence-electron chi connectivity index (χ0n) is 11.7. The van der Waals surface area contributed by atoms with Gasteiger partial charge in [-0.05, 0) is 37.8 Å². The summed E-state index contributed by atoms with van der Waals surface area (Å²) in [5, 5.41) is 14.4. The monoisotopic (exact) mass is 286 g/mol. The summed E-state index contributed by atoms with van der Waals surface area (Å²) in [5.74, 6) is 0.202. The van der Waals surface area contributed by atoms with Crippen molar-refractivity contribution in [2.75, 3.05) is 5.32 Å². The number of hydrogen-bond donors (Lipinski definition) is 1. The fraction of sp³-hybridized carbons (Fsp3) is 0.667. The second kappa shape index (κ2) is 6.14. The van der Waals surface area contributed by atoms with Crippen molar-refractivity contribution in [1.29, 1.82) is 0 Å². The van der Waals surface area contributed by atoms with Gasteiger partial charge in [-0.15, -0.1) is 0 Å². The summed E-state index contributed by atoms with van der Waals surface area (Å²) < 4.78 is 0. The molecule has 0 aliphatic rings. The zero-order chi connectivity index (χ0) is 14.6. The summed E-state index contributed by atoms with van der Waals surface area (Å²) in [6.07, 6.45) is 2.54. The number of halogens is 1. The number of rotatable bonds is 6. The van der Waals surface area contributed by atoms with Crippen molar-refractivity contribution >= 4 is 23.1 Å². The normalized spacial score (nSPS) is 11.4. The molecule has 0 unspecified atom stereocenters. The molecule has 19 heavy (non-hydrogen) atoms. The molecule has 0 saturated carbocycles. The van der Waals surface area contributed by atoms with Crippen LogP contribution < -0.4 is 5.32 Å². The summed E-state index contributed by atoms with van der Waals surface area (Å²) in [4.78, 5) is 18.5. The second-order valence-corrected chi connectivity index (χ2v) is 4.84. The van der Waals surface area contributed by atoms with Crippen LogP contribution in [0.5, 0.6) is 0 Å². The van der Waals surface area contributed by atoms with E-state index in [-0.39, 0.29) is 28.0 Å². The number of nitro groups is 1. The number of hydrogen-bond acceptors (Lipinski definition) is 5. The van der Waals surface area contributed by atoms with E-state index in [0.29, 0.717) is 0 Å². The van der Waals surface area contributed by atoms with E-state index in [1.54, 1.807) is 6.92 Å². The molecular weight excluding hydrogens is 268 g/mol. The third kappa shape index (κ3) is 3.32. The van der Waals surface area contributed by atoms with E-state index in [9.17, 15) is 10.1 Å². The third-order valence-electron chi connectivity index (χ3n) is 3.63. The Bertz CT molecular complexity index is 467. The van der Waals surface area contributed by atoms with Gasteiger partial charge in [0.15, 0.2) is 0 Å². The van der Waals surface area contributed by atoms with Gasteiger partial charge in [-0.2, -0.15) is 4.98 Å². The van der Waals surface area contributed by atoms with Gasteiger partial charge in [0.25, 0.3) is 0 Å². The molecule has 0 aliphatic heterocycles. The quantitative estimate of drug-likeness (QED) is 0.489. The van der Waals surface area contributed by atoms with E-state index in [1.807, 2.05) is 20.8 Å². The smallest absolute Gasteiger partial charge is 0.332 e. The molecule has 0 atom stereocenters. The van der Waals surface area contributed by atoms with Gasteiger partial charge in [-0.3, -0.25) is 10.1 Å². The van der Waals surface area contributed by atoms with E-state index in [1.165, 1.54) is 0 Å². The Morgan fingerprint density at radius 2 is 1.79 bits per heavy atom. The van der Waals surface area contributed by atoms with E-state index >= 15 is 0 Å². The zero-order valence-corrected chi connectivity index (χ0v) is 12.4. The van der Waals surface area contributed by atoms with E-state index < -0.39 is 4.92 Å². The number of nitrogens with one attached hydrogen (secondary N) is 1. The van der Waals surface area contributed by atoms with Crippen LogP contribution in [0.3, 0.4) is 0 Å². The average molecular weight is 287 g/mol. The largest absolute Gasteiger partial charge is 0.359 e. The van der Waals surface area contributed by atoms with Gasteiger partial charge >= 0.3 is 5.69 Å². The molecule has 0 saturated heterocycles. The first-order valence-electron chi connectivity index (χ1n) is 6.35. The maximum Gasteiger partial charge on any atom is 0.332 e. The molecule has 7 heteroatoms. The first-order chi connectivity index (χ1) is 8.89. The lowest BCUT2D eigenvalue weighted by Gasteiger charge is -2.32. The van der Waals surface area contributed by atoms with Gasteiger partial charge in [0.1, 0.15) is 5.69 Å². The lowest BCUT2D eigenvalue weighted by Crippen LogP contribution is -2.36. The summed E-state index contributed by atoms with van der Waals surface area (Å²) in [6.45, 7) is 7.69. The van der Waals surface area contributed by atoms with Crippen LogP contribution in [0.25, 0.3) is 0 Å². The molecule has 1 heterocycles. The number of nitrogens with zero attached hydrogens (tertiary/aromatic N) is 3. The van der Waals surface area contributed by atoms with Gasteiger partial charge < -0.3 is 5.32 Å². The maximum atomic E-state index is 11.1. The molecule has 0 bridgehead atoms. The Balaban J connectivity index is 3.30. The van der Waals surface area contributed by atoms with Crippen molar-refractivity contribution in [3.05, 3.63) is 21.1 Å². The Hall–Kier alpha value is -1.43. The van der Waals surface area contributed by atoms with Crippen molar-refractivity contribution in [2.45, 2.75) is 52.5 Å². The summed E-state index contributed by atoms with van der Waals surface area (Å²) in [6, 6.07) is 0. The third-order valence-corrected chi connectivity index (χ3v) is 3.80. The van der Waals surface area contributed by atoms with Crippen molar-refractivity contribution in [1.82, 2.24) is 9.97 Å². The molecule has 0 aliphatic carbocycles. The standard InChI is InChI=1S/C12H19ClN4O2/c1-5-12(6-2,7-3)16-10-9(17(18)19)8(4)14-11(13)15-10/h5-7H2,1-4H3,(H,14,15,16). The minimum Gasteiger partial charge on any atom is -0.359 e.